The maximum atomic E-state index is 12.3. The van der Waals surface area contributed by atoms with E-state index in [2.05, 4.69) is 4.98 Å². The average Bonchev–Trinajstić information content (AvgIpc) is 3.16. The summed E-state index contributed by atoms with van der Waals surface area (Å²) in [7, 11) is 0. The summed E-state index contributed by atoms with van der Waals surface area (Å²) in [5, 5.41) is 1.99. The van der Waals surface area contributed by atoms with Gasteiger partial charge in [0, 0.05) is 24.5 Å². The molecule has 2 amide bonds. The lowest BCUT2D eigenvalue weighted by Crippen LogP contribution is -2.32. The molecule has 3 aromatic rings. The third-order valence-electron chi connectivity index (χ3n) is 3.68. The zero-order valence-corrected chi connectivity index (χ0v) is 11.8. The van der Waals surface area contributed by atoms with E-state index in [0.29, 0.717) is 24.1 Å². The van der Waals surface area contributed by atoms with E-state index in [0.717, 1.165) is 10.7 Å². The molecule has 1 aromatic carbocycles. The first-order chi connectivity index (χ1) is 10.3. The Morgan fingerprint density at radius 2 is 1.81 bits per heavy atom. The summed E-state index contributed by atoms with van der Waals surface area (Å²) in [6.07, 6.45) is 4.31. The molecule has 104 valence electrons. The molecule has 5 nitrogen and oxygen atoms in total. The summed E-state index contributed by atoms with van der Waals surface area (Å²) >= 11 is 1.61. The second-order valence-corrected chi connectivity index (χ2v) is 5.77. The molecule has 0 spiro atoms. The van der Waals surface area contributed by atoms with Gasteiger partial charge in [-0.3, -0.25) is 18.9 Å². The fourth-order valence-electron chi connectivity index (χ4n) is 2.63. The molecule has 0 bridgehead atoms. The van der Waals surface area contributed by atoms with Crippen molar-refractivity contribution in [3.8, 4) is 0 Å². The highest BCUT2D eigenvalue weighted by atomic mass is 32.1. The second-order valence-electron chi connectivity index (χ2n) is 4.84. The number of nitrogens with zero attached hydrogens (tertiary/aromatic N) is 3. The van der Waals surface area contributed by atoms with Gasteiger partial charge in [-0.05, 0) is 12.1 Å². The second kappa shape index (κ2) is 4.53. The monoisotopic (exact) mass is 297 g/mol. The Labute approximate surface area is 124 Å². The maximum absolute atomic E-state index is 12.3. The van der Waals surface area contributed by atoms with Crippen molar-refractivity contribution in [2.45, 2.75) is 6.42 Å². The minimum absolute atomic E-state index is 0.214. The van der Waals surface area contributed by atoms with Crippen molar-refractivity contribution < 1.29 is 9.59 Å². The van der Waals surface area contributed by atoms with Gasteiger partial charge in [-0.25, -0.2) is 4.98 Å². The Balaban J connectivity index is 1.58. The molecule has 0 radical (unpaired) electrons. The minimum atomic E-state index is -0.214. The van der Waals surface area contributed by atoms with Crippen LogP contribution in [0.4, 0.5) is 0 Å². The van der Waals surface area contributed by atoms with Gasteiger partial charge in [0.05, 0.1) is 17.3 Å². The van der Waals surface area contributed by atoms with Gasteiger partial charge in [-0.2, -0.15) is 0 Å². The Bertz CT molecular complexity index is 830. The lowest BCUT2D eigenvalue weighted by molar-refractivity contribution is 0.0655. The standard InChI is InChI=1S/C15H11N3O2S/c19-14-10-3-1-2-4-11(10)15(20)18(14)6-5-12-16-9-13-17(12)7-8-21-13/h1-4,7-9H,5-6H2. The van der Waals surface area contributed by atoms with Gasteiger partial charge in [-0.15, -0.1) is 11.3 Å². The molecule has 4 rings (SSSR count). The molecule has 0 aliphatic carbocycles. The molecule has 2 aromatic heterocycles. The molecule has 0 saturated carbocycles. The molecule has 0 atom stereocenters. The highest BCUT2D eigenvalue weighted by Crippen LogP contribution is 2.23. The summed E-state index contributed by atoms with van der Waals surface area (Å²) in [6.45, 7) is 0.349. The molecule has 6 heteroatoms. The number of fused-ring (bicyclic) bond motifs is 2. The van der Waals surface area contributed by atoms with Gasteiger partial charge >= 0.3 is 0 Å². The number of aromatic nitrogens is 2. The predicted octanol–water partition coefficient (Wildman–Crippen LogP) is 2.23. The molecule has 0 unspecified atom stereocenters. The molecular formula is C15H11N3O2S. The van der Waals surface area contributed by atoms with E-state index in [4.69, 9.17) is 0 Å². The lowest BCUT2D eigenvalue weighted by atomic mass is 10.1. The fourth-order valence-corrected chi connectivity index (χ4v) is 3.34. The van der Waals surface area contributed by atoms with Crippen molar-refractivity contribution in [1.82, 2.24) is 14.3 Å². The zero-order chi connectivity index (χ0) is 14.4. The van der Waals surface area contributed by atoms with Crippen LogP contribution in [-0.4, -0.2) is 32.6 Å². The van der Waals surface area contributed by atoms with E-state index in [1.807, 2.05) is 22.2 Å². The smallest absolute Gasteiger partial charge is 0.261 e. The molecule has 0 N–H and O–H groups in total. The Kier molecular flexibility index (Phi) is 2.65. The number of imidazole rings is 1. The van der Waals surface area contributed by atoms with Crippen molar-refractivity contribution >= 4 is 28.0 Å². The Morgan fingerprint density at radius 1 is 1.10 bits per heavy atom. The number of carbonyl (C=O) groups is 2. The fraction of sp³-hybridized carbons (Fsp3) is 0.133. The Morgan fingerprint density at radius 3 is 2.52 bits per heavy atom. The maximum Gasteiger partial charge on any atom is 0.261 e. The van der Waals surface area contributed by atoms with Gasteiger partial charge < -0.3 is 0 Å². The van der Waals surface area contributed by atoms with Gasteiger partial charge in [0.15, 0.2) is 0 Å². The van der Waals surface area contributed by atoms with Crippen LogP contribution in [0.3, 0.4) is 0 Å². The summed E-state index contributed by atoms with van der Waals surface area (Å²) in [5.74, 6) is 0.435. The molecule has 3 heterocycles. The highest BCUT2D eigenvalue weighted by molar-refractivity contribution is 7.15. The number of hydrogen-bond donors (Lipinski definition) is 0. The number of rotatable bonds is 3. The normalized spacial score (nSPS) is 14.2. The van der Waals surface area contributed by atoms with Crippen LogP contribution >= 0.6 is 11.3 Å². The lowest BCUT2D eigenvalue weighted by Gasteiger charge is -2.12. The van der Waals surface area contributed by atoms with Gasteiger partial charge in [-0.1, -0.05) is 12.1 Å². The number of imide groups is 1. The first kappa shape index (κ1) is 12.3. The SMILES string of the molecule is O=C1c2ccccc2C(=O)N1CCc1ncc2sccn12. The summed E-state index contributed by atoms with van der Waals surface area (Å²) in [6, 6.07) is 6.94. The molecule has 0 fully saturated rings. The third kappa shape index (κ3) is 1.80. The summed E-state index contributed by atoms with van der Waals surface area (Å²) < 4.78 is 1.99. The van der Waals surface area contributed by atoms with Crippen LogP contribution in [0, 0.1) is 0 Å². The van der Waals surface area contributed by atoms with E-state index in [-0.39, 0.29) is 11.8 Å². The first-order valence-electron chi connectivity index (χ1n) is 6.60. The van der Waals surface area contributed by atoms with Crippen LogP contribution in [0.1, 0.15) is 26.5 Å². The van der Waals surface area contributed by atoms with Crippen molar-refractivity contribution in [2.75, 3.05) is 6.54 Å². The molecule has 1 aliphatic rings. The molecular weight excluding hydrogens is 286 g/mol. The van der Waals surface area contributed by atoms with Crippen LogP contribution in [0.5, 0.6) is 0 Å². The van der Waals surface area contributed by atoms with Crippen LogP contribution in [0.2, 0.25) is 0 Å². The number of carbonyl (C=O) groups excluding carboxylic acids is 2. The number of benzene rings is 1. The van der Waals surface area contributed by atoms with E-state index >= 15 is 0 Å². The number of amides is 2. The predicted molar refractivity (Wildman–Crippen MR) is 78.6 cm³/mol. The van der Waals surface area contributed by atoms with E-state index < -0.39 is 0 Å². The van der Waals surface area contributed by atoms with Gasteiger partial charge in [0.2, 0.25) is 0 Å². The van der Waals surface area contributed by atoms with Crippen LogP contribution in [0.25, 0.3) is 4.83 Å². The summed E-state index contributed by atoms with van der Waals surface area (Å²) in [5.41, 5.74) is 0.984. The number of hydrogen-bond acceptors (Lipinski definition) is 4. The van der Waals surface area contributed by atoms with Crippen LogP contribution in [-0.2, 0) is 6.42 Å². The van der Waals surface area contributed by atoms with Crippen molar-refractivity contribution in [2.24, 2.45) is 0 Å². The average molecular weight is 297 g/mol. The topological polar surface area (TPSA) is 54.7 Å². The summed E-state index contributed by atoms with van der Waals surface area (Å²) in [4.78, 5) is 31.2. The molecule has 1 aliphatic heterocycles. The van der Waals surface area contributed by atoms with Gasteiger partial charge in [0.25, 0.3) is 11.8 Å². The third-order valence-corrected chi connectivity index (χ3v) is 4.48. The van der Waals surface area contributed by atoms with Crippen LogP contribution < -0.4 is 0 Å². The number of thiazole rings is 1. The molecule has 21 heavy (non-hydrogen) atoms. The first-order valence-corrected chi connectivity index (χ1v) is 7.48. The van der Waals surface area contributed by atoms with Crippen molar-refractivity contribution in [3.63, 3.8) is 0 Å². The quantitative estimate of drug-likeness (QED) is 0.697. The highest BCUT2D eigenvalue weighted by Gasteiger charge is 2.34. The van der Waals surface area contributed by atoms with Gasteiger partial charge in [0.1, 0.15) is 10.7 Å². The molecule has 0 saturated heterocycles. The Hall–Kier alpha value is -2.47. The van der Waals surface area contributed by atoms with E-state index in [1.165, 1.54) is 4.90 Å². The largest absolute Gasteiger partial charge is 0.294 e. The van der Waals surface area contributed by atoms with Crippen molar-refractivity contribution in [1.29, 1.82) is 0 Å². The van der Waals surface area contributed by atoms with E-state index in [1.54, 1.807) is 35.6 Å². The van der Waals surface area contributed by atoms with Crippen molar-refractivity contribution in [3.05, 3.63) is 59.0 Å². The minimum Gasteiger partial charge on any atom is -0.294 e. The van der Waals surface area contributed by atoms with Crippen LogP contribution in [0.15, 0.2) is 42.0 Å². The van der Waals surface area contributed by atoms with E-state index in [9.17, 15) is 9.59 Å². The zero-order valence-electron chi connectivity index (χ0n) is 11.0.